The molecule has 0 bridgehead atoms. The van der Waals surface area contributed by atoms with Crippen LogP contribution in [0.2, 0.25) is 0 Å². The zero-order chi connectivity index (χ0) is 18.8. The first-order chi connectivity index (χ1) is 12.5. The van der Waals surface area contributed by atoms with Crippen molar-refractivity contribution in [3.63, 3.8) is 0 Å². The third-order valence-electron chi connectivity index (χ3n) is 4.38. The molecule has 1 saturated heterocycles. The summed E-state index contributed by atoms with van der Waals surface area (Å²) in [6, 6.07) is 10.6. The van der Waals surface area contributed by atoms with Crippen LogP contribution in [-0.2, 0) is 21.0 Å². The summed E-state index contributed by atoms with van der Waals surface area (Å²) >= 11 is 0. The number of guanidine groups is 1. The van der Waals surface area contributed by atoms with Crippen LogP contribution in [0.25, 0.3) is 0 Å². The lowest BCUT2D eigenvalue weighted by atomic mass is 9.99. The quantitative estimate of drug-likeness (QED) is 0.239. The summed E-state index contributed by atoms with van der Waals surface area (Å²) < 4.78 is 27.5. The lowest BCUT2D eigenvalue weighted by molar-refractivity contribution is 0.157. The highest BCUT2D eigenvalue weighted by atomic mass is 127. The molecule has 0 aromatic heterocycles. The van der Waals surface area contributed by atoms with Crippen molar-refractivity contribution in [1.29, 1.82) is 0 Å². The highest BCUT2D eigenvalue weighted by Crippen LogP contribution is 2.20. The maximum absolute atomic E-state index is 11.1. The second kappa shape index (κ2) is 12.6. The third-order valence-corrected chi connectivity index (χ3v) is 5.29. The Morgan fingerprint density at radius 2 is 2.04 bits per heavy atom. The number of aliphatic imine (C=N–C) groups is 1. The Morgan fingerprint density at radius 1 is 1.30 bits per heavy atom. The van der Waals surface area contributed by atoms with Crippen molar-refractivity contribution in [2.45, 2.75) is 19.8 Å². The smallest absolute Gasteiger partial charge is 0.194 e. The van der Waals surface area contributed by atoms with Gasteiger partial charge in [-0.25, -0.2) is 8.42 Å². The van der Waals surface area contributed by atoms with Crippen molar-refractivity contribution >= 4 is 39.8 Å². The number of halogens is 1. The monoisotopic (exact) mass is 509 g/mol. The SMILES string of the molecule is CCNC(=NCCOCCS(C)(=O)=O)N1CCC(Cc2ccccc2)C1.I. The molecule has 0 aliphatic carbocycles. The van der Waals surface area contributed by atoms with Crippen LogP contribution >= 0.6 is 24.0 Å². The topological polar surface area (TPSA) is 71.0 Å². The molecular weight excluding hydrogens is 477 g/mol. The lowest BCUT2D eigenvalue weighted by Gasteiger charge is -2.21. The molecule has 154 valence electrons. The summed E-state index contributed by atoms with van der Waals surface area (Å²) in [7, 11) is -2.96. The first-order valence-electron chi connectivity index (χ1n) is 9.30. The largest absolute Gasteiger partial charge is 0.378 e. The zero-order valence-electron chi connectivity index (χ0n) is 16.3. The normalized spacial score (nSPS) is 17.6. The van der Waals surface area contributed by atoms with Gasteiger partial charge in [0.25, 0.3) is 0 Å². The van der Waals surface area contributed by atoms with E-state index >= 15 is 0 Å². The zero-order valence-corrected chi connectivity index (χ0v) is 19.4. The van der Waals surface area contributed by atoms with Crippen molar-refractivity contribution in [1.82, 2.24) is 10.2 Å². The number of nitrogens with zero attached hydrogens (tertiary/aromatic N) is 2. The highest BCUT2D eigenvalue weighted by Gasteiger charge is 2.24. The Labute approximate surface area is 180 Å². The number of rotatable bonds is 9. The van der Waals surface area contributed by atoms with Crippen molar-refractivity contribution < 1.29 is 13.2 Å². The van der Waals surface area contributed by atoms with Crippen molar-refractivity contribution in [3.05, 3.63) is 35.9 Å². The molecule has 1 aliphatic rings. The fourth-order valence-electron chi connectivity index (χ4n) is 3.09. The van der Waals surface area contributed by atoms with Crippen LogP contribution < -0.4 is 5.32 Å². The van der Waals surface area contributed by atoms with Gasteiger partial charge in [0, 0.05) is 25.9 Å². The first-order valence-corrected chi connectivity index (χ1v) is 11.4. The molecule has 1 aromatic carbocycles. The number of nitrogens with one attached hydrogen (secondary N) is 1. The van der Waals surface area contributed by atoms with Crippen LogP contribution in [0.4, 0.5) is 0 Å². The van der Waals surface area contributed by atoms with E-state index in [1.54, 1.807) is 0 Å². The van der Waals surface area contributed by atoms with Gasteiger partial charge in [0.2, 0.25) is 0 Å². The molecule has 0 spiro atoms. The first kappa shape index (κ1) is 24.2. The minimum Gasteiger partial charge on any atom is -0.378 e. The van der Waals surface area contributed by atoms with E-state index in [-0.39, 0.29) is 36.3 Å². The average Bonchev–Trinajstić information content (AvgIpc) is 3.05. The predicted octanol–water partition coefficient (Wildman–Crippen LogP) is 2.20. The molecule has 1 unspecified atom stereocenters. The number of hydrogen-bond acceptors (Lipinski definition) is 4. The van der Waals surface area contributed by atoms with Gasteiger partial charge in [-0.05, 0) is 31.2 Å². The molecule has 0 radical (unpaired) electrons. The molecule has 1 atom stereocenters. The molecule has 0 amide bonds. The van der Waals surface area contributed by atoms with Gasteiger partial charge >= 0.3 is 0 Å². The second-order valence-electron chi connectivity index (χ2n) is 6.77. The van der Waals surface area contributed by atoms with E-state index in [9.17, 15) is 8.42 Å². The van der Waals surface area contributed by atoms with Crippen LogP contribution in [0, 0.1) is 5.92 Å². The van der Waals surface area contributed by atoms with Gasteiger partial charge in [-0.3, -0.25) is 4.99 Å². The summed E-state index contributed by atoms with van der Waals surface area (Å²) in [4.78, 5) is 6.94. The summed E-state index contributed by atoms with van der Waals surface area (Å²) in [5.41, 5.74) is 1.39. The van der Waals surface area contributed by atoms with E-state index in [4.69, 9.17) is 4.74 Å². The molecule has 6 nitrogen and oxygen atoms in total. The Balaban J connectivity index is 0.00000364. The predicted molar refractivity (Wildman–Crippen MR) is 122 cm³/mol. The lowest BCUT2D eigenvalue weighted by Crippen LogP contribution is -2.40. The van der Waals surface area contributed by atoms with Gasteiger partial charge in [0.1, 0.15) is 9.84 Å². The van der Waals surface area contributed by atoms with E-state index in [0.29, 0.717) is 19.1 Å². The molecule has 1 aromatic rings. The fraction of sp³-hybridized carbons (Fsp3) is 0.632. The van der Waals surface area contributed by atoms with Gasteiger partial charge < -0.3 is 15.0 Å². The Morgan fingerprint density at radius 3 is 2.70 bits per heavy atom. The molecule has 8 heteroatoms. The Kier molecular flexibility index (Phi) is 11.2. The average molecular weight is 509 g/mol. The van der Waals surface area contributed by atoms with E-state index in [1.807, 2.05) is 0 Å². The van der Waals surface area contributed by atoms with Crippen molar-refractivity contribution in [2.75, 3.05) is 51.4 Å². The van der Waals surface area contributed by atoms with E-state index < -0.39 is 9.84 Å². The van der Waals surface area contributed by atoms with Gasteiger partial charge in [-0.2, -0.15) is 0 Å². The van der Waals surface area contributed by atoms with E-state index in [1.165, 1.54) is 18.2 Å². The number of hydrogen-bond donors (Lipinski definition) is 1. The summed E-state index contributed by atoms with van der Waals surface area (Å²) in [6.45, 7) is 6.11. The Bertz CT molecular complexity index is 668. The van der Waals surface area contributed by atoms with Gasteiger partial charge in [0.15, 0.2) is 5.96 Å². The van der Waals surface area contributed by atoms with Crippen LogP contribution in [0.1, 0.15) is 18.9 Å². The molecule has 27 heavy (non-hydrogen) atoms. The van der Waals surface area contributed by atoms with E-state index in [0.717, 1.165) is 32.0 Å². The molecule has 0 saturated carbocycles. The molecule has 1 aliphatic heterocycles. The van der Waals surface area contributed by atoms with Crippen molar-refractivity contribution in [2.24, 2.45) is 10.9 Å². The third kappa shape index (κ3) is 9.75. The maximum atomic E-state index is 11.1. The molecule has 1 heterocycles. The minimum absolute atomic E-state index is 0. The summed E-state index contributed by atoms with van der Waals surface area (Å²) in [6.07, 6.45) is 3.49. The van der Waals surface area contributed by atoms with Crippen molar-refractivity contribution in [3.8, 4) is 0 Å². The number of likely N-dealkylation sites (tertiary alicyclic amines) is 1. The van der Waals surface area contributed by atoms with Crippen LogP contribution in [0.5, 0.6) is 0 Å². The number of ether oxygens (including phenoxy) is 1. The van der Waals surface area contributed by atoms with Gasteiger partial charge in [0.05, 0.1) is 25.5 Å². The number of benzene rings is 1. The molecule has 2 rings (SSSR count). The van der Waals surface area contributed by atoms with Crippen LogP contribution in [0.15, 0.2) is 35.3 Å². The maximum Gasteiger partial charge on any atom is 0.194 e. The molecule has 1 N–H and O–H groups in total. The van der Waals surface area contributed by atoms with Crippen LogP contribution in [0.3, 0.4) is 0 Å². The van der Waals surface area contributed by atoms with Crippen LogP contribution in [-0.4, -0.2) is 70.7 Å². The highest BCUT2D eigenvalue weighted by molar-refractivity contribution is 14.0. The fourth-order valence-corrected chi connectivity index (χ4v) is 3.51. The molecule has 1 fully saturated rings. The number of sulfone groups is 1. The molecular formula is C19H32IN3O3S. The Hall–Kier alpha value is -0.870. The summed E-state index contributed by atoms with van der Waals surface area (Å²) in [5.74, 6) is 1.63. The van der Waals surface area contributed by atoms with E-state index in [2.05, 4.69) is 52.5 Å². The standard InChI is InChI=1S/C19H31N3O3S.HI/c1-3-20-19(21-10-12-25-13-14-26(2,23)24)22-11-9-18(16-22)15-17-7-5-4-6-8-17;/h4-8,18H,3,9-16H2,1-2H3,(H,20,21);1H. The second-order valence-corrected chi connectivity index (χ2v) is 9.03. The minimum atomic E-state index is -2.96. The van der Waals surface area contributed by atoms with Gasteiger partial charge in [-0.15, -0.1) is 24.0 Å². The summed E-state index contributed by atoms with van der Waals surface area (Å²) in [5, 5.41) is 3.35. The van der Waals surface area contributed by atoms with Gasteiger partial charge in [-0.1, -0.05) is 30.3 Å².